The van der Waals surface area contributed by atoms with Crippen molar-refractivity contribution in [2.45, 2.75) is 58.2 Å². The van der Waals surface area contributed by atoms with Gasteiger partial charge in [-0.05, 0) is 58.1 Å². The van der Waals surface area contributed by atoms with Gasteiger partial charge in [0.1, 0.15) is 5.60 Å². The zero-order valence-corrected chi connectivity index (χ0v) is 13.9. The van der Waals surface area contributed by atoms with E-state index in [0.717, 1.165) is 32.4 Å². The van der Waals surface area contributed by atoms with Gasteiger partial charge in [-0.3, -0.25) is 0 Å². The van der Waals surface area contributed by atoms with Crippen LogP contribution in [0.15, 0.2) is 30.3 Å². The summed E-state index contributed by atoms with van der Waals surface area (Å²) < 4.78 is 5.31. The summed E-state index contributed by atoms with van der Waals surface area (Å²) in [5.74, 6) is 0.628. The second kappa shape index (κ2) is 7.63. The van der Waals surface area contributed by atoms with Crippen LogP contribution in [0.4, 0.5) is 4.79 Å². The molecular weight excluding hydrogens is 276 g/mol. The maximum atomic E-state index is 11.8. The van der Waals surface area contributed by atoms with Crippen molar-refractivity contribution >= 4 is 6.09 Å². The van der Waals surface area contributed by atoms with E-state index in [0.29, 0.717) is 5.92 Å². The van der Waals surface area contributed by atoms with E-state index in [9.17, 15) is 4.79 Å². The van der Waals surface area contributed by atoms with E-state index in [-0.39, 0.29) is 12.1 Å². The zero-order valence-electron chi connectivity index (χ0n) is 13.9. The van der Waals surface area contributed by atoms with Crippen molar-refractivity contribution in [2.75, 3.05) is 6.54 Å². The van der Waals surface area contributed by atoms with Crippen molar-refractivity contribution in [3.05, 3.63) is 35.9 Å². The normalized spacial score (nSPS) is 21.6. The number of rotatable bonds is 5. The highest BCUT2D eigenvalue weighted by molar-refractivity contribution is 5.68. The van der Waals surface area contributed by atoms with Gasteiger partial charge in [-0.25, -0.2) is 4.79 Å². The van der Waals surface area contributed by atoms with Crippen LogP contribution in [0.3, 0.4) is 0 Å². The molecule has 4 nitrogen and oxygen atoms in total. The summed E-state index contributed by atoms with van der Waals surface area (Å²) in [6.45, 7) is 7.56. The fraction of sp³-hybridized carbons (Fsp3) is 0.611. The maximum absolute atomic E-state index is 11.8. The first-order valence-corrected chi connectivity index (χ1v) is 8.16. The fourth-order valence-corrected chi connectivity index (χ4v) is 2.88. The van der Waals surface area contributed by atoms with Crippen molar-refractivity contribution in [3.8, 4) is 0 Å². The van der Waals surface area contributed by atoms with Gasteiger partial charge in [0.2, 0.25) is 0 Å². The van der Waals surface area contributed by atoms with Crippen LogP contribution in [-0.4, -0.2) is 24.3 Å². The van der Waals surface area contributed by atoms with Crippen molar-refractivity contribution in [1.82, 2.24) is 10.6 Å². The summed E-state index contributed by atoms with van der Waals surface area (Å²) in [5.41, 5.74) is 0.878. The third kappa shape index (κ3) is 6.06. The fourth-order valence-electron chi connectivity index (χ4n) is 2.88. The molecular formula is C18H28N2O2. The lowest BCUT2D eigenvalue weighted by Gasteiger charge is -2.21. The topological polar surface area (TPSA) is 50.4 Å². The standard InChI is InChI=1S/C18H28N2O2/c1-18(2,3)22-17(21)20-16-10-9-15(11-16)13-19-12-14-7-5-4-6-8-14/h4-8,15-16,19H,9-13H2,1-3H3,(H,20,21). The van der Waals surface area contributed by atoms with Crippen molar-refractivity contribution in [2.24, 2.45) is 5.92 Å². The highest BCUT2D eigenvalue weighted by Crippen LogP contribution is 2.25. The van der Waals surface area contributed by atoms with E-state index < -0.39 is 5.60 Å². The van der Waals surface area contributed by atoms with Crippen LogP contribution in [0.25, 0.3) is 0 Å². The molecule has 0 heterocycles. The van der Waals surface area contributed by atoms with Gasteiger partial charge in [0.05, 0.1) is 0 Å². The van der Waals surface area contributed by atoms with Gasteiger partial charge in [0.25, 0.3) is 0 Å². The summed E-state index contributed by atoms with van der Waals surface area (Å²) in [6.07, 6.45) is 2.93. The first-order chi connectivity index (χ1) is 10.4. The molecule has 1 aliphatic carbocycles. The molecule has 2 atom stereocenters. The molecule has 1 aliphatic rings. The first-order valence-electron chi connectivity index (χ1n) is 8.16. The van der Waals surface area contributed by atoms with Gasteiger partial charge in [-0.1, -0.05) is 30.3 Å². The largest absolute Gasteiger partial charge is 0.444 e. The number of benzene rings is 1. The Kier molecular flexibility index (Phi) is 5.83. The lowest BCUT2D eigenvalue weighted by atomic mass is 10.1. The van der Waals surface area contributed by atoms with Crippen LogP contribution >= 0.6 is 0 Å². The molecule has 1 saturated carbocycles. The lowest BCUT2D eigenvalue weighted by molar-refractivity contribution is 0.0504. The van der Waals surface area contributed by atoms with E-state index in [1.165, 1.54) is 5.56 Å². The van der Waals surface area contributed by atoms with E-state index in [4.69, 9.17) is 4.74 Å². The quantitative estimate of drug-likeness (QED) is 0.876. The summed E-state index contributed by atoms with van der Waals surface area (Å²) in [5, 5.41) is 6.50. The third-order valence-electron chi connectivity index (χ3n) is 3.87. The highest BCUT2D eigenvalue weighted by atomic mass is 16.6. The number of ether oxygens (including phenoxy) is 1. The molecule has 0 aromatic heterocycles. The van der Waals surface area contributed by atoms with Gasteiger partial charge >= 0.3 is 6.09 Å². The van der Waals surface area contributed by atoms with E-state index >= 15 is 0 Å². The van der Waals surface area contributed by atoms with Crippen LogP contribution in [-0.2, 0) is 11.3 Å². The Morgan fingerprint density at radius 2 is 1.95 bits per heavy atom. The predicted octanol–water partition coefficient (Wildman–Crippen LogP) is 3.47. The van der Waals surface area contributed by atoms with Gasteiger partial charge in [-0.2, -0.15) is 0 Å². The molecule has 2 N–H and O–H groups in total. The number of amides is 1. The van der Waals surface area contributed by atoms with Crippen LogP contribution in [0.5, 0.6) is 0 Å². The van der Waals surface area contributed by atoms with Crippen molar-refractivity contribution in [3.63, 3.8) is 0 Å². The SMILES string of the molecule is CC(C)(C)OC(=O)NC1CCC(CNCc2ccccc2)C1. The number of alkyl carbamates (subject to hydrolysis) is 1. The highest BCUT2D eigenvalue weighted by Gasteiger charge is 2.27. The smallest absolute Gasteiger partial charge is 0.407 e. The first kappa shape index (κ1) is 16.8. The number of carbonyl (C=O) groups excluding carboxylic acids is 1. The number of hydrogen-bond donors (Lipinski definition) is 2. The number of nitrogens with one attached hydrogen (secondary N) is 2. The molecule has 22 heavy (non-hydrogen) atoms. The Hall–Kier alpha value is -1.55. The molecule has 4 heteroatoms. The number of carbonyl (C=O) groups is 1. The molecule has 2 rings (SSSR count). The molecule has 0 saturated heterocycles. The Balaban J connectivity index is 1.64. The van der Waals surface area contributed by atoms with Gasteiger partial charge in [0, 0.05) is 12.6 Å². The third-order valence-corrected chi connectivity index (χ3v) is 3.87. The van der Waals surface area contributed by atoms with E-state index in [1.54, 1.807) is 0 Å². The lowest BCUT2D eigenvalue weighted by Crippen LogP contribution is -2.38. The summed E-state index contributed by atoms with van der Waals surface area (Å²) in [7, 11) is 0. The minimum atomic E-state index is -0.431. The minimum Gasteiger partial charge on any atom is -0.444 e. The molecule has 122 valence electrons. The summed E-state index contributed by atoms with van der Waals surface area (Å²) in [4.78, 5) is 11.8. The molecule has 1 aromatic carbocycles. The average molecular weight is 304 g/mol. The van der Waals surface area contributed by atoms with Gasteiger partial charge < -0.3 is 15.4 Å². The van der Waals surface area contributed by atoms with E-state index in [2.05, 4.69) is 34.9 Å². The Bertz CT molecular complexity index is 468. The van der Waals surface area contributed by atoms with Crippen LogP contribution in [0.1, 0.15) is 45.6 Å². The summed E-state index contributed by atoms with van der Waals surface area (Å²) >= 11 is 0. The molecule has 1 fully saturated rings. The van der Waals surface area contributed by atoms with Crippen molar-refractivity contribution in [1.29, 1.82) is 0 Å². The molecule has 1 amide bonds. The summed E-state index contributed by atoms with van der Waals surface area (Å²) in [6, 6.07) is 10.7. The van der Waals surface area contributed by atoms with Crippen LogP contribution in [0.2, 0.25) is 0 Å². The van der Waals surface area contributed by atoms with Gasteiger partial charge in [0.15, 0.2) is 0 Å². The van der Waals surface area contributed by atoms with Crippen LogP contribution < -0.4 is 10.6 Å². The Morgan fingerprint density at radius 1 is 1.23 bits per heavy atom. The maximum Gasteiger partial charge on any atom is 0.407 e. The predicted molar refractivity (Wildman–Crippen MR) is 88.6 cm³/mol. The average Bonchev–Trinajstić information content (AvgIpc) is 2.85. The monoisotopic (exact) mass is 304 g/mol. The van der Waals surface area contributed by atoms with E-state index in [1.807, 2.05) is 26.8 Å². The molecule has 0 spiro atoms. The zero-order chi connectivity index (χ0) is 16.0. The number of hydrogen-bond acceptors (Lipinski definition) is 3. The van der Waals surface area contributed by atoms with Crippen LogP contribution in [0, 0.1) is 5.92 Å². The second-order valence-electron chi connectivity index (χ2n) is 7.14. The Morgan fingerprint density at radius 3 is 2.64 bits per heavy atom. The molecule has 1 aromatic rings. The van der Waals surface area contributed by atoms with Crippen molar-refractivity contribution < 1.29 is 9.53 Å². The molecule has 2 unspecified atom stereocenters. The minimum absolute atomic E-state index is 0.248. The molecule has 0 radical (unpaired) electrons. The van der Waals surface area contributed by atoms with Gasteiger partial charge in [-0.15, -0.1) is 0 Å². The molecule has 0 aliphatic heterocycles. The second-order valence-corrected chi connectivity index (χ2v) is 7.14. The molecule has 0 bridgehead atoms. The Labute approximate surface area is 133 Å².